The number of hydrogen-bond acceptors (Lipinski definition) is 7. The first-order valence-electron chi connectivity index (χ1n) is 7.08. The minimum Gasteiger partial charge on any atom is -0.463 e. The molecule has 0 bridgehead atoms. The molecule has 22 heavy (non-hydrogen) atoms. The van der Waals surface area contributed by atoms with E-state index in [1.54, 1.807) is 13.8 Å². The highest BCUT2D eigenvalue weighted by Crippen LogP contribution is 2.28. The van der Waals surface area contributed by atoms with Crippen LogP contribution in [0.1, 0.15) is 24.3 Å². The molecule has 1 aliphatic rings. The molecule has 1 atom stereocenters. The van der Waals surface area contributed by atoms with Crippen LogP contribution < -0.4 is 0 Å². The lowest BCUT2D eigenvalue weighted by atomic mass is 10.0. The second-order valence-corrected chi connectivity index (χ2v) is 7.12. The van der Waals surface area contributed by atoms with E-state index < -0.39 is 21.9 Å². The number of sulfonamides is 1. The van der Waals surface area contributed by atoms with E-state index in [1.807, 2.05) is 0 Å². The minimum atomic E-state index is -3.75. The Hall–Kier alpha value is -1.45. The first-order chi connectivity index (χ1) is 10.4. The number of rotatable bonds is 5. The van der Waals surface area contributed by atoms with Gasteiger partial charge in [0.2, 0.25) is 10.0 Å². The molecule has 0 amide bonds. The van der Waals surface area contributed by atoms with Crippen molar-refractivity contribution in [2.45, 2.75) is 31.6 Å². The van der Waals surface area contributed by atoms with Crippen molar-refractivity contribution < 1.29 is 27.6 Å². The number of ether oxygens (including phenoxy) is 1. The fourth-order valence-electron chi connectivity index (χ4n) is 2.59. The maximum Gasteiger partial charge on any atom is 0.310 e. The Morgan fingerprint density at radius 1 is 1.50 bits per heavy atom. The second kappa shape index (κ2) is 6.76. The fourth-order valence-corrected chi connectivity index (χ4v) is 4.40. The molecule has 1 saturated heterocycles. The number of piperidine rings is 1. The molecule has 1 unspecified atom stereocenters. The van der Waals surface area contributed by atoms with Gasteiger partial charge in [0.1, 0.15) is 17.2 Å². The van der Waals surface area contributed by atoms with E-state index in [9.17, 15) is 13.2 Å². The third-order valence-corrected chi connectivity index (χ3v) is 5.73. The number of aromatic nitrogens is 1. The van der Waals surface area contributed by atoms with Gasteiger partial charge in [-0.1, -0.05) is 5.16 Å². The van der Waals surface area contributed by atoms with Crippen LogP contribution in [-0.4, -0.2) is 55.3 Å². The van der Waals surface area contributed by atoms with Gasteiger partial charge in [-0.05, 0) is 26.7 Å². The molecule has 8 nitrogen and oxygen atoms in total. The molecule has 2 heterocycles. The Labute approximate surface area is 129 Å². The summed E-state index contributed by atoms with van der Waals surface area (Å²) in [6, 6.07) is 0. The topological polar surface area (TPSA) is 110 Å². The number of aryl methyl sites for hydroxylation is 2. The van der Waals surface area contributed by atoms with Crippen molar-refractivity contribution in [1.82, 2.24) is 9.46 Å². The van der Waals surface area contributed by atoms with E-state index in [0.29, 0.717) is 25.1 Å². The number of aliphatic hydroxyl groups is 1. The van der Waals surface area contributed by atoms with Crippen molar-refractivity contribution in [3.63, 3.8) is 0 Å². The van der Waals surface area contributed by atoms with Gasteiger partial charge in [-0.2, -0.15) is 4.31 Å². The summed E-state index contributed by atoms with van der Waals surface area (Å²) in [5.41, 5.74) is 0.308. The average Bonchev–Trinajstić information content (AvgIpc) is 2.84. The molecule has 1 aliphatic heterocycles. The highest BCUT2D eigenvalue weighted by molar-refractivity contribution is 7.89. The normalized spacial score (nSPS) is 20.0. The molecule has 0 spiro atoms. The number of carbonyl (C=O) groups is 1. The van der Waals surface area contributed by atoms with Gasteiger partial charge in [0.25, 0.3) is 0 Å². The smallest absolute Gasteiger partial charge is 0.310 e. The zero-order valence-corrected chi connectivity index (χ0v) is 13.4. The van der Waals surface area contributed by atoms with E-state index in [2.05, 4.69) is 5.16 Å². The van der Waals surface area contributed by atoms with E-state index in [0.717, 1.165) is 0 Å². The fraction of sp³-hybridized carbons (Fsp3) is 0.692. The lowest BCUT2D eigenvalue weighted by molar-refractivity contribution is -0.150. The summed E-state index contributed by atoms with van der Waals surface area (Å²) < 4.78 is 36.5. The maximum atomic E-state index is 12.7. The van der Waals surface area contributed by atoms with Gasteiger partial charge in [-0.25, -0.2) is 8.42 Å². The SMILES string of the molecule is Cc1noc(C)c1S(=O)(=O)N1CCCC(C(=O)OCCO)C1. The molecular formula is C13H20N2O6S. The van der Waals surface area contributed by atoms with Crippen LogP contribution >= 0.6 is 0 Å². The molecule has 0 aromatic carbocycles. The lowest BCUT2D eigenvalue weighted by Crippen LogP contribution is -2.43. The van der Waals surface area contributed by atoms with Crippen LogP contribution in [-0.2, 0) is 19.6 Å². The van der Waals surface area contributed by atoms with Gasteiger partial charge in [-0.15, -0.1) is 0 Å². The summed E-state index contributed by atoms with van der Waals surface area (Å²) in [6.07, 6.45) is 1.14. The Bertz CT molecular complexity index is 619. The predicted octanol–water partition coefficient (Wildman–Crippen LogP) is 0.228. The van der Waals surface area contributed by atoms with Crippen LogP contribution in [0.2, 0.25) is 0 Å². The summed E-state index contributed by atoms with van der Waals surface area (Å²) in [5.74, 6) is -0.759. The Morgan fingerprint density at radius 2 is 2.23 bits per heavy atom. The number of esters is 1. The molecule has 9 heteroatoms. The zero-order valence-electron chi connectivity index (χ0n) is 12.6. The Morgan fingerprint density at radius 3 is 2.82 bits per heavy atom. The van der Waals surface area contributed by atoms with Crippen LogP contribution in [0, 0.1) is 19.8 Å². The largest absolute Gasteiger partial charge is 0.463 e. The summed E-state index contributed by atoms with van der Waals surface area (Å²) in [5, 5.41) is 12.4. The lowest BCUT2D eigenvalue weighted by Gasteiger charge is -2.30. The first kappa shape index (κ1) is 16.9. The molecule has 1 aromatic rings. The van der Waals surface area contributed by atoms with Gasteiger partial charge in [-0.3, -0.25) is 4.79 Å². The van der Waals surface area contributed by atoms with Gasteiger partial charge < -0.3 is 14.4 Å². The van der Waals surface area contributed by atoms with E-state index >= 15 is 0 Å². The summed E-state index contributed by atoms with van der Waals surface area (Å²) >= 11 is 0. The highest BCUT2D eigenvalue weighted by Gasteiger charge is 2.36. The third-order valence-electron chi connectivity index (χ3n) is 3.62. The summed E-state index contributed by atoms with van der Waals surface area (Å²) in [6.45, 7) is 3.20. The number of nitrogens with zero attached hydrogens (tertiary/aromatic N) is 2. The molecule has 0 radical (unpaired) electrons. The molecule has 124 valence electrons. The molecule has 0 saturated carbocycles. The Kier molecular flexibility index (Phi) is 5.20. The van der Waals surface area contributed by atoms with Crippen molar-refractivity contribution in [2.24, 2.45) is 5.92 Å². The van der Waals surface area contributed by atoms with Gasteiger partial charge in [0, 0.05) is 13.1 Å². The number of hydrogen-bond donors (Lipinski definition) is 1. The van der Waals surface area contributed by atoms with Crippen molar-refractivity contribution in [3.05, 3.63) is 11.5 Å². The van der Waals surface area contributed by atoms with Crippen molar-refractivity contribution in [2.75, 3.05) is 26.3 Å². The molecule has 1 N–H and O–H groups in total. The van der Waals surface area contributed by atoms with E-state index in [4.69, 9.17) is 14.4 Å². The van der Waals surface area contributed by atoms with Gasteiger partial charge in [0.05, 0.1) is 12.5 Å². The van der Waals surface area contributed by atoms with Crippen LogP contribution in [0.25, 0.3) is 0 Å². The monoisotopic (exact) mass is 332 g/mol. The second-order valence-electron chi connectivity index (χ2n) is 5.25. The summed E-state index contributed by atoms with van der Waals surface area (Å²) in [7, 11) is -3.75. The van der Waals surface area contributed by atoms with Gasteiger partial charge >= 0.3 is 5.97 Å². The van der Waals surface area contributed by atoms with Crippen molar-refractivity contribution >= 4 is 16.0 Å². The van der Waals surface area contributed by atoms with E-state index in [-0.39, 0.29) is 30.4 Å². The Balaban J connectivity index is 2.17. The van der Waals surface area contributed by atoms with Crippen molar-refractivity contribution in [3.8, 4) is 0 Å². The molecule has 1 fully saturated rings. The van der Waals surface area contributed by atoms with Gasteiger partial charge in [0.15, 0.2) is 5.76 Å². The van der Waals surface area contributed by atoms with Crippen LogP contribution in [0.5, 0.6) is 0 Å². The molecule has 0 aliphatic carbocycles. The van der Waals surface area contributed by atoms with Crippen molar-refractivity contribution in [1.29, 1.82) is 0 Å². The highest BCUT2D eigenvalue weighted by atomic mass is 32.2. The first-order valence-corrected chi connectivity index (χ1v) is 8.52. The van der Waals surface area contributed by atoms with Crippen LogP contribution in [0.3, 0.4) is 0 Å². The number of aliphatic hydroxyl groups excluding tert-OH is 1. The molecular weight excluding hydrogens is 312 g/mol. The van der Waals surface area contributed by atoms with Crippen LogP contribution in [0.4, 0.5) is 0 Å². The molecule has 1 aromatic heterocycles. The maximum absolute atomic E-state index is 12.7. The number of carbonyl (C=O) groups excluding carboxylic acids is 1. The minimum absolute atomic E-state index is 0.0661. The quantitative estimate of drug-likeness (QED) is 0.768. The zero-order chi connectivity index (χ0) is 16.3. The predicted molar refractivity (Wildman–Crippen MR) is 75.5 cm³/mol. The average molecular weight is 332 g/mol. The van der Waals surface area contributed by atoms with Crippen LogP contribution in [0.15, 0.2) is 9.42 Å². The summed E-state index contributed by atoms with van der Waals surface area (Å²) in [4.78, 5) is 11.9. The molecule has 2 rings (SSSR count). The third kappa shape index (κ3) is 3.31. The van der Waals surface area contributed by atoms with E-state index in [1.165, 1.54) is 4.31 Å². The standard InChI is InChI=1S/C13H20N2O6S/c1-9-12(10(2)21-14-9)22(18,19)15-5-3-4-11(8-15)13(17)20-7-6-16/h11,16H,3-8H2,1-2H3.